The average Bonchev–Trinajstić information content (AvgIpc) is 2.99. The van der Waals surface area contributed by atoms with Crippen molar-refractivity contribution in [2.45, 2.75) is 19.1 Å². The summed E-state index contributed by atoms with van der Waals surface area (Å²) >= 11 is 6.18. The molecule has 3 rings (SSSR count). The van der Waals surface area contributed by atoms with E-state index in [1.807, 2.05) is 25.1 Å². The molecule has 6 nitrogen and oxygen atoms in total. The van der Waals surface area contributed by atoms with Gasteiger partial charge in [-0.1, -0.05) is 29.8 Å². The van der Waals surface area contributed by atoms with Crippen LogP contribution in [0.5, 0.6) is 0 Å². The molecular formula is C16H18ClN3O3. The van der Waals surface area contributed by atoms with E-state index in [9.17, 15) is 4.79 Å². The van der Waals surface area contributed by atoms with Crippen molar-refractivity contribution in [3.63, 3.8) is 0 Å². The highest BCUT2D eigenvalue weighted by Crippen LogP contribution is 2.23. The Kier molecular flexibility index (Phi) is 4.66. The fourth-order valence-corrected chi connectivity index (χ4v) is 2.63. The van der Waals surface area contributed by atoms with Gasteiger partial charge in [0.05, 0.1) is 30.8 Å². The van der Waals surface area contributed by atoms with Gasteiger partial charge >= 0.3 is 0 Å². The lowest BCUT2D eigenvalue weighted by atomic mass is 10.2. The van der Waals surface area contributed by atoms with Crippen LogP contribution in [0.25, 0.3) is 5.69 Å². The molecule has 0 radical (unpaired) electrons. The van der Waals surface area contributed by atoms with E-state index in [0.717, 1.165) is 0 Å². The quantitative estimate of drug-likeness (QED) is 0.909. The Hall–Kier alpha value is -1.89. The van der Waals surface area contributed by atoms with E-state index in [1.165, 1.54) is 4.68 Å². The van der Waals surface area contributed by atoms with Crippen LogP contribution in [0, 0.1) is 0 Å². The summed E-state index contributed by atoms with van der Waals surface area (Å²) in [6.07, 6.45) is 2.19. The fraction of sp³-hybridized carbons (Fsp3) is 0.375. The number of rotatable bonds is 5. The van der Waals surface area contributed by atoms with Crippen molar-refractivity contribution in [2.75, 3.05) is 25.1 Å². The molecule has 0 aliphatic carbocycles. The van der Waals surface area contributed by atoms with Crippen LogP contribution >= 0.6 is 11.6 Å². The minimum absolute atomic E-state index is 0.113. The first-order valence-electron chi connectivity index (χ1n) is 7.44. The van der Waals surface area contributed by atoms with Crippen LogP contribution in [0.15, 0.2) is 41.3 Å². The van der Waals surface area contributed by atoms with E-state index >= 15 is 0 Å². The van der Waals surface area contributed by atoms with Crippen molar-refractivity contribution in [3.05, 3.63) is 51.9 Å². The molecule has 1 aliphatic heterocycles. The van der Waals surface area contributed by atoms with Crippen LogP contribution in [0.2, 0.25) is 5.02 Å². The summed E-state index contributed by atoms with van der Waals surface area (Å²) in [7, 11) is 0. The largest absolute Gasteiger partial charge is 0.382 e. The molecule has 122 valence electrons. The Labute approximate surface area is 139 Å². The second-order valence-corrected chi connectivity index (χ2v) is 5.81. The number of para-hydroxylation sites is 1. The standard InChI is InChI=1S/C16H18ClN3O3/c1-16(22-9-10-23-16)7-8-18-13-11-19-20(15(21)14(13)17)12-5-3-2-4-6-12/h2-6,11,18H,7-10H2,1H3. The first-order chi connectivity index (χ1) is 11.1. The maximum atomic E-state index is 12.4. The molecule has 1 aromatic carbocycles. The molecule has 0 spiro atoms. The van der Waals surface area contributed by atoms with Gasteiger partial charge in [-0.05, 0) is 19.1 Å². The van der Waals surface area contributed by atoms with Crippen molar-refractivity contribution in [1.29, 1.82) is 0 Å². The number of nitrogens with zero attached hydrogens (tertiary/aromatic N) is 2. The summed E-state index contributed by atoms with van der Waals surface area (Å²) in [4.78, 5) is 12.4. The average molecular weight is 336 g/mol. The van der Waals surface area contributed by atoms with Crippen molar-refractivity contribution >= 4 is 17.3 Å². The van der Waals surface area contributed by atoms with Gasteiger partial charge in [-0.2, -0.15) is 9.78 Å². The summed E-state index contributed by atoms with van der Waals surface area (Å²) < 4.78 is 12.3. The van der Waals surface area contributed by atoms with Gasteiger partial charge in [0.15, 0.2) is 5.79 Å². The predicted octanol–water partition coefficient (Wildman–Crippen LogP) is 2.45. The molecule has 1 aromatic heterocycles. The van der Waals surface area contributed by atoms with Gasteiger partial charge < -0.3 is 14.8 Å². The number of ether oxygens (including phenoxy) is 2. The van der Waals surface area contributed by atoms with Gasteiger partial charge in [0.1, 0.15) is 5.02 Å². The minimum Gasteiger partial charge on any atom is -0.382 e. The molecule has 0 amide bonds. The number of benzene rings is 1. The summed E-state index contributed by atoms with van der Waals surface area (Å²) in [6, 6.07) is 9.15. The van der Waals surface area contributed by atoms with Crippen LogP contribution < -0.4 is 10.9 Å². The van der Waals surface area contributed by atoms with E-state index in [0.29, 0.717) is 37.6 Å². The molecule has 0 atom stereocenters. The molecule has 2 heterocycles. The number of anilines is 1. The Morgan fingerprint density at radius 2 is 2.00 bits per heavy atom. The molecular weight excluding hydrogens is 318 g/mol. The van der Waals surface area contributed by atoms with Crippen molar-refractivity contribution in [2.24, 2.45) is 0 Å². The monoisotopic (exact) mass is 335 g/mol. The third kappa shape index (κ3) is 3.55. The second kappa shape index (κ2) is 6.70. The lowest BCUT2D eigenvalue weighted by molar-refractivity contribution is -0.144. The zero-order valence-corrected chi connectivity index (χ0v) is 13.5. The van der Waals surface area contributed by atoms with Crippen LogP contribution in [0.4, 0.5) is 5.69 Å². The normalized spacial score (nSPS) is 16.4. The zero-order valence-electron chi connectivity index (χ0n) is 12.8. The molecule has 1 aliphatic rings. The number of halogens is 1. The maximum Gasteiger partial charge on any atom is 0.292 e. The number of aromatic nitrogens is 2. The van der Waals surface area contributed by atoms with Gasteiger partial charge in [0.2, 0.25) is 0 Å². The molecule has 23 heavy (non-hydrogen) atoms. The third-order valence-electron chi connectivity index (χ3n) is 3.71. The highest BCUT2D eigenvalue weighted by molar-refractivity contribution is 6.32. The molecule has 2 aromatic rings. The minimum atomic E-state index is -0.577. The summed E-state index contributed by atoms with van der Waals surface area (Å²) in [6.45, 7) is 3.67. The first kappa shape index (κ1) is 16.0. The van der Waals surface area contributed by atoms with Crippen molar-refractivity contribution in [3.8, 4) is 5.69 Å². The fourth-order valence-electron chi connectivity index (χ4n) is 2.43. The van der Waals surface area contributed by atoms with E-state index in [2.05, 4.69) is 10.4 Å². The Balaban J connectivity index is 1.72. The van der Waals surface area contributed by atoms with Gasteiger partial charge in [-0.15, -0.1) is 0 Å². The van der Waals surface area contributed by atoms with Crippen molar-refractivity contribution < 1.29 is 9.47 Å². The molecule has 0 saturated carbocycles. The summed E-state index contributed by atoms with van der Waals surface area (Å²) in [5, 5.41) is 7.40. The van der Waals surface area contributed by atoms with Crippen LogP contribution in [-0.4, -0.2) is 35.3 Å². The number of nitrogens with one attached hydrogen (secondary N) is 1. The Morgan fingerprint density at radius 3 is 2.70 bits per heavy atom. The molecule has 1 N–H and O–H groups in total. The highest BCUT2D eigenvalue weighted by Gasteiger charge is 2.30. The zero-order chi connectivity index (χ0) is 16.3. The highest BCUT2D eigenvalue weighted by atomic mass is 35.5. The van der Waals surface area contributed by atoms with E-state index in [-0.39, 0.29) is 10.6 Å². The number of hydrogen-bond acceptors (Lipinski definition) is 5. The molecule has 1 saturated heterocycles. The lowest BCUT2D eigenvalue weighted by Crippen LogP contribution is -2.29. The van der Waals surface area contributed by atoms with Crippen molar-refractivity contribution in [1.82, 2.24) is 9.78 Å². The topological polar surface area (TPSA) is 65.4 Å². The van der Waals surface area contributed by atoms with E-state index in [1.54, 1.807) is 18.3 Å². The summed E-state index contributed by atoms with van der Waals surface area (Å²) in [5.74, 6) is -0.577. The van der Waals surface area contributed by atoms with Gasteiger partial charge in [0, 0.05) is 13.0 Å². The molecule has 0 bridgehead atoms. The summed E-state index contributed by atoms with van der Waals surface area (Å²) in [5.41, 5.74) is 0.819. The second-order valence-electron chi connectivity index (χ2n) is 5.43. The molecule has 0 unspecified atom stereocenters. The predicted molar refractivity (Wildman–Crippen MR) is 88.3 cm³/mol. The van der Waals surface area contributed by atoms with Crippen LogP contribution in [0.1, 0.15) is 13.3 Å². The number of hydrogen-bond donors (Lipinski definition) is 1. The maximum absolute atomic E-state index is 12.4. The Morgan fingerprint density at radius 1 is 1.30 bits per heavy atom. The van der Waals surface area contributed by atoms with Crippen LogP contribution in [0.3, 0.4) is 0 Å². The van der Waals surface area contributed by atoms with E-state index in [4.69, 9.17) is 21.1 Å². The van der Waals surface area contributed by atoms with Crippen LogP contribution in [-0.2, 0) is 9.47 Å². The molecule has 1 fully saturated rings. The molecule has 7 heteroatoms. The Bertz CT molecular complexity index is 727. The lowest BCUT2D eigenvalue weighted by Gasteiger charge is -2.22. The van der Waals surface area contributed by atoms with E-state index < -0.39 is 5.79 Å². The van der Waals surface area contributed by atoms with Gasteiger partial charge in [-0.25, -0.2) is 0 Å². The van der Waals surface area contributed by atoms with Gasteiger partial charge in [0.25, 0.3) is 5.56 Å². The third-order valence-corrected chi connectivity index (χ3v) is 4.08. The van der Waals surface area contributed by atoms with Gasteiger partial charge in [-0.3, -0.25) is 4.79 Å². The smallest absolute Gasteiger partial charge is 0.292 e. The first-order valence-corrected chi connectivity index (χ1v) is 7.82. The SMILES string of the molecule is CC1(CCNc2cnn(-c3ccccc3)c(=O)c2Cl)OCCO1.